The van der Waals surface area contributed by atoms with Crippen LogP contribution in [0.5, 0.6) is 0 Å². The van der Waals surface area contributed by atoms with Crippen LogP contribution >= 0.6 is 11.8 Å². The van der Waals surface area contributed by atoms with E-state index in [1.54, 1.807) is 22.9 Å². The van der Waals surface area contributed by atoms with Gasteiger partial charge < -0.3 is 9.88 Å². The van der Waals surface area contributed by atoms with E-state index in [0.29, 0.717) is 6.54 Å². The van der Waals surface area contributed by atoms with E-state index in [-0.39, 0.29) is 17.0 Å². The average Bonchev–Trinajstić information content (AvgIpc) is 2.79. The fourth-order valence-electron chi connectivity index (χ4n) is 3.72. The number of nitrogens with one attached hydrogen (secondary N) is 1. The maximum atomic E-state index is 13.0. The number of aryl methyl sites for hydroxylation is 1. The predicted molar refractivity (Wildman–Crippen MR) is 128 cm³/mol. The fraction of sp³-hybridized carbons (Fsp3) is 0.280. The number of aromatic nitrogens is 1. The molecule has 0 unspecified atom stereocenters. The Bertz CT molecular complexity index is 1110. The van der Waals surface area contributed by atoms with Crippen LogP contribution in [-0.2, 0) is 13.1 Å². The topological polar surface area (TPSA) is 54.3 Å². The van der Waals surface area contributed by atoms with Crippen molar-refractivity contribution in [2.24, 2.45) is 0 Å². The summed E-state index contributed by atoms with van der Waals surface area (Å²) in [6, 6.07) is 19.3. The van der Waals surface area contributed by atoms with Crippen molar-refractivity contribution in [2.75, 3.05) is 29.9 Å². The van der Waals surface area contributed by atoms with Crippen LogP contribution in [0.15, 0.2) is 71.7 Å². The maximum absolute atomic E-state index is 13.0. The van der Waals surface area contributed by atoms with Gasteiger partial charge in [-0.05, 0) is 41.8 Å². The first-order valence-electron chi connectivity index (χ1n) is 10.5. The lowest BCUT2D eigenvalue weighted by atomic mass is 10.1. The van der Waals surface area contributed by atoms with E-state index < -0.39 is 0 Å². The van der Waals surface area contributed by atoms with E-state index in [4.69, 9.17) is 0 Å². The number of amides is 1. The molecule has 1 aliphatic heterocycles. The Balaban J connectivity index is 1.51. The van der Waals surface area contributed by atoms with Crippen molar-refractivity contribution in [3.8, 4) is 0 Å². The number of hydrogen-bond acceptors (Lipinski definition) is 4. The third-order valence-corrected chi connectivity index (χ3v) is 6.46. The van der Waals surface area contributed by atoms with E-state index in [1.807, 2.05) is 61.2 Å². The molecule has 1 N–H and O–H groups in total. The van der Waals surface area contributed by atoms with Gasteiger partial charge in [0.1, 0.15) is 5.56 Å². The van der Waals surface area contributed by atoms with Gasteiger partial charge in [0, 0.05) is 43.0 Å². The van der Waals surface area contributed by atoms with Gasteiger partial charge in [0.15, 0.2) is 0 Å². The maximum Gasteiger partial charge on any atom is 0.263 e. The monoisotopic (exact) mass is 433 g/mol. The minimum absolute atomic E-state index is 0.149. The van der Waals surface area contributed by atoms with Gasteiger partial charge in [0.05, 0.1) is 6.54 Å². The number of carbonyl (C=O) groups is 1. The van der Waals surface area contributed by atoms with Crippen molar-refractivity contribution >= 4 is 23.4 Å². The molecule has 2 heterocycles. The predicted octanol–water partition coefficient (Wildman–Crippen LogP) is 4.01. The zero-order valence-electron chi connectivity index (χ0n) is 17.7. The highest BCUT2D eigenvalue weighted by Gasteiger charge is 2.15. The largest absolute Gasteiger partial charge is 0.322 e. The molecule has 0 atom stereocenters. The molecule has 0 saturated carbocycles. The van der Waals surface area contributed by atoms with Crippen LogP contribution in [0.1, 0.15) is 27.0 Å². The Morgan fingerprint density at radius 3 is 2.52 bits per heavy atom. The quantitative estimate of drug-likeness (QED) is 0.638. The summed E-state index contributed by atoms with van der Waals surface area (Å²) in [6.07, 6.45) is 1.72. The van der Waals surface area contributed by atoms with Crippen LogP contribution in [0.25, 0.3) is 0 Å². The van der Waals surface area contributed by atoms with Gasteiger partial charge in [-0.25, -0.2) is 0 Å². The first kappa shape index (κ1) is 21.4. The smallest absolute Gasteiger partial charge is 0.263 e. The van der Waals surface area contributed by atoms with Crippen LogP contribution in [0, 0.1) is 6.92 Å². The third-order valence-electron chi connectivity index (χ3n) is 5.52. The number of nitrogens with zero attached hydrogens (tertiary/aromatic N) is 2. The van der Waals surface area contributed by atoms with Gasteiger partial charge in [-0.3, -0.25) is 14.5 Å². The van der Waals surface area contributed by atoms with E-state index >= 15 is 0 Å². The van der Waals surface area contributed by atoms with Crippen molar-refractivity contribution in [1.82, 2.24) is 9.47 Å². The Kier molecular flexibility index (Phi) is 6.89. The Hall–Kier alpha value is -2.83. The number of benzene rings is 2. The molecule has 5 nitrogen and oxygen atoms in total. The van der Waals surface area contributed by atoms with Gasteiger partial charge in [0.2, 0.25) is 0 Å². The summed E-state index contributed by atoms with van der Waals surface area (Å²) in [6.45, 7) is 5.45. The minimum Gasteiger partial charge on any atom is -0.322 e. The Labute approximate surface area is 187 Å². The second-order valence-electron chi connectivity index (χ2n) is 7.83. The molecule has 0 radical (unpaired) electrons. The molecule has 2 aromatic carbocycles. The molecule has 1 saturated heterocycles. The third kappa shape index (κ3) is 5.46. The summed E-state index contributed by atoms with van der Waals surface area (Å²) in [4.78, 5) is 28.3. The van der Waals surface area contributed by atoms with Crippen molar-refractivity contribution in [3.05, 3.63) is 99.5 Å². The summed E-state index contributed by atoms with van der Waals surface area (Å²) in [5.41, 5.74) is 3.78. The first-order valence-corrected chi connectivity index (χ1v) is 11.7. The van der Waals surface area contributed by atoms with E-state index in [9.17, 15) is 9.59 Å². The molecule has 0 spiro atoms. The lowest BCUT2D eigenvalue weighted by Gasteiger charge is -2.26. The summed E-state index contributed by atoms with van der Waals surface area (Å²) >= 11 is 1.99. The highest BCUT2D eigenvalue weighted by Crippen LogP contribution is 2.20. The number of thioether (sulfide) groups is 1. The molecule has 1 amide bonds. The fourth-order valence-corrected chi connectivity index (χ4v) is 4.70. The lowest BCUT2D eigenvalue weighted by Crippen LogP contribution is -2.32. The number of carbonyl (C=O) groups excluding carboxylic acids is 1. The Morgan fingerprint density at radius 2 is 1.74 bits per heavy atom. The zero-order chi connectivity index (χ0) is 21.6. The molecule has 160 valence electrons. The van der Waals surface area contributed by atoms with Gasteiger partial charge in [-0.2, -0.15) is 11.8 Å². The molecule has 3 aromatic rings. The molecule has 1 aromatic heterocycles. The van der Waals surface area contributed by atoms with Gasteiger partial charge in [0.25, 0.3) is 11.5 Å². The molecule has 0 aliphatic carbocycles. The molecule has 1 fully saturated rings. The standard InChI is InChI=1S/C25H27N3O2S/c1-19-9-10-21(17-27-12-14-31-15-13-27)16-23(19)26-24(29)22-8-5-11-28(25(22)30)18-20-6-3-2-4-7-20/h2-11,16H,12-15,17-18H2,1H3,(H,26,29). The van der Waals surface area contributed by atoms with Crippen molar-refractivity contribution < 1.29 is 4.79 Å². The highest BCUT2D eigenvalue weighted by atomic mass is 32.2. The SMILES string of the molecule is Cc1ccc(CN2CCSCC2)cc1NC(=O)c1cccn(Cc2ccccc2)c1=O. The molecular weight excluding hydrogens is 406 g/mol. The summed E-state index contributed by atoms with van der Waals surface area (Å²) in [5.74, 6) is 1.96. The minimum atomic E-state index is -0.373. The molecule has 31 heavy (non-hydrogen) atoms. The van der Waals surface area contributed by atoms with Crippen LogP contribution in [0.4, 0.5) is 5.69 Å². The lowest BCUT2D eigenvalue weighted by molar-refractivity contribution is 0.102. The summed E-state index contributed by atoms with van der Waals surface area (Å²) in [7, 11) is 0. The van der Waals surface area contributed by atoms with Gasteiger partial charge in [-0.15, -0.1) is 0 Å². The van der Waals surface area contributed by atoms with Crippen molar-refractivity contribution in [3.63, 3.8) is 0 Å². The van der Waals surface area contributed by atoms with Crippen LogP contribution in [0.2, 0.25) is 0 Å². The summed E-state index contributed by atoms with van der Waals surface area (Å²) in [5, 5.41) is 2.96. The number of hydrogen-bond donors (Lipinski definition) is 1. The molecule has 4 rings (SSSR count). The van der Waals surface area contributed by atoms with E-state index in [1.165, 1.54) is 17.1 Å². The zero-order valence-corrected chi connectivity index (χ0v) is 18.5. The van der Waals surface area contributed by atoms with Crippen LogP contribution in [-0.4, -0.2) is 40.0 Å². The molecule has 1 aliphatic rings. The highest BCUT2D eigenvalue weighted by molar-refractivity contribution is 7.99. The van der Waals surface area contributed by atoms with Gasteiger partial charge >= 0.3 is 0 Å². The van der Waals surface area contributed by atoms with E-state index in [2.05, 4.69) is 16.3 Å². The van der Waals surface area contributed by atoms with Gasteiger partial charge in [-0.1, -0.05) is 42.5 Å². The number of pyridine rings is 1. The number of anilines is 1. The Morgan fingerprint density at radius 1 is 0.968 bits per heavy atom. The first-order chi connectivity index (χ1) is 15.1. The molecule has 0 bridgehead atoms. The normalized spacial score (nSPS) is 14.4. The van der Waals surface area contributed by atoms with Crippen molar-refractivity contribution in [2.45, 2.75) is 20.0 Å². The summed E-state index contributed by atoms with van der Waals surface area (Å²) < 4.78 is 1.57. The van der Waals surface area contributed by atoms with Crippen LogP contribution in [0.3, 0.4) is 0 Å². The second-order valence-corrected chi connectivity index (χ2v) is 9.06. The van der Waals surface area contributed by atoms with Crippen LogP contribution < -0.4 is 10.9 Å². The second kappa shape index (κ2) is 9.98. The number of rotatable bonds is 6. The molecular formula is C25H27N3O2S. The van der Waals surface area contributed by atoms with Crippen molar-refractivity contribution in [1.29, 1.82) is 0 Å². The molecule has 6 heteroatoms. The van der Waals surface area contributed by atoms with E-state index in [0.717, 1.165) is 36.4 Å². The average molecular weight is 434 g/mol.